The van der Waals surface area contributed by atoms with E-state index in [1.807, 2.05) is 30.3 Å². The summed E-state index contributed by atoms with van der Waals surface area (Å²) in [5, 5.41) is 0. The number of benzene rings is 2. The zero-order chi connectivity index (χ0) is 14.4. The van der Waals surface area contributed by atoms with Crippen molar-refractivity contribution in [3.8, 4) is 5.75 Å². The summed E-state index contributed by atoms with van der Waals surface area (Å²) < 4.78 is 30.3. The van der Waals surface area contributed by atoms with Crippen LogP contribution in [0.25, 0.3) is 0 Å². The fraction of sp³-hybridized carbons (Fsp3) is 0.250. The van der Waals surface area contributed by atoms with E-state index in [9.17, 15) is 8.78 Å². The van der Waals surface area contributed by atoms with Crippen molar-refractivity contribution in [3.63, 3.8) is 0 Å². The van der Waals surface area contributed by atoms with Crippen molar-refractivity contribution in [1.82, 2.24) is 0 Å². The highest BCUT2D eigenvalue weighted by molar-refractivity contribution is 5.85. The van der Waals surface area contributed by atoms with Crippen LogP contribution in [-0.2, 0) is 6.61 Å². The fourth-order valence-electron chi connectivity index (χ4n) is 1.90. The van der Waals surface area contributed by atoms with E-state index in [1.54, 1.807) is 24.3 Å². The van der Waals surface area contributed by atoms with Crippen LogP contribution in [0.2, 0.25) is 0 Å². The molecule has 0 bridgehead atoms. The van der Waals surface area contributed by atoms with Gasteiger partial charge in [0.05, 0.1) is 0 Å². The van der Waals surface area contributed by atoms with Gasteiger partial charge in [-0.1, -0.05) is 42.5 Å². The lowest BCUT2D eigenvalue weighted by Gasteiger charge is -2.13. The predicted molar refractivity (Wildman–Crippen MR) is 82.0 cm³/mol. The Labute approximate surface area is 129 Å². The summed E-state index contributed by atoms with van der Waals surface area (Å²) in [6.45, 7) is 0.439. The van der Waals surface area contributed by atoms with Gasteiger partial charge in [0.25, 0.3) is 0 Å². The first-order valence-electron chi connectivity index (χ1n) is 6.45. The maximum Gasteiger partial charge on any atom is 0.240 e. The summed E-state index contributed by atoms with van der Waals surface area (Å²) in [4.78, 5) is 0. The average Bonchev–Trinajstić information content (AvgIpc) is 2.46. The Morgan fingerprint density at radius 2 is 1.71 bits per heavy atom. The van der Waals surface area contributed by atoms with Gasteiger partial charge in [-0.3, -0.25) is 0 Å². The van der Waals surface area contributed by atoms with E-state index in [0.717, 1.165) is 5.56 Å². The summed E-state index contributed by atoms with van der Waals surface area (Å²) in [7, 11) is 0. The summed E-state index contributed by atoms with van der Waals surface area (Å²) in [5.41, 5.74) is 7.45. The Kier molecular flexibility index (Phi) is 7.12. The van der Waals surface area contributed by atoms with Crippen LogP contribution in [0, 0.1) is 0 Å². The first kappa shape index (κ1) is 17.4. The van der Waals surface area contributed by atoms with E-state index in [1.165, 1.54) is 0 Å². The van der Waals surface area contributed by atoms with Crippen LogP contribution in [0.3, 0.4) is 0 Å². The van der Waals surface area contributed by atoms with E-state index < -0.39 is 12.5 Å². The molecule has 2 N–H and O–H groups in total. The van der Waals surface area contributed by atoms with Crippen molar-refractivity contribution in [3.05, 3.63) is 65.7 Å². The molecule has 0 heterocycles. The Bertz CT molecular complexity index is 537. The summed E-state index contributed by atoms with van der Waals surface area (Å²) in [6, 6.07) is 16.1. The van der Waals surface area contributed by atoms with Gasteiger partial charge < -0.3 is 10.5 Å². The molecular formula is C16H18ClF2NO. The van der Waals surface area contributed by atoms with Gasteiger partial charge in [0.2, 0.25) is 6.43 Å². The molecule has 2 aromatic rings. The molecule has 0 aromatic heterocycles. The molecule has 21 heavy (non-hydrogen) atoms. The number of hydrogen-bond donors (Lipinski definition) is 1. The van der Waals surface area contributed by atoms with Gasteiger partial charge >= 0.3 is 0 Å². The first-order chi connectivity index (χ1) is 9.65. The number of hydrogen-bond acceptors (Lipinski definition) is 2. The van der Waals surface area contributed by atoms with Gasteiger partial charge in [0.15, 0.2) is 0 Å². The smallest absolute Gasteiger partial charge is 0.240 e. The van der Waals surface area contributed by atoms with Gasteiger partial charge in [-0.2, -0.15) is 0 Å². The Morgan fingerprint density at radius 1 is 1.00 bits per heavy atom. The number of rotatable bonds is 6. The Hall–Kier alpha value is -1.65. The molecule has 0 aliphatic heterocycles. The predicted octanol–water partition coefficient (Wildman–Crippen LogP) is 4.34. The summed E-state index contributed by atoms with van der Waals surface area (Å²) in [6.07, 6.45) is -2.75. The van der Waals surface area contributed by atoms with Crippen molar-refractivity contribution in [1.29, 1.82) is 0 Å². The highest BCUT2D eigenvalue weighted by Crippen LogP contribution is 2.22. The lowest BCUT2D eigenvalue weighted by Crippen LogP contribution is -2.14. The van der Waals surface area contributed by atoms with Gasteiger partial charge in [-0.25, -0.2) is 8.78 Å². The quantitative estimate of drug-likeness (QED) is 0.861. The third-order valence-corrected chi connectivity index (χ3v) is 2.97. The van der Waals surface area contributed by atoms with Crippen molar-refractivity contribution < 1.29 is 13.5 Å². The molecule has 0 amide bonds. The second-order valence-corrected chi connectivity index (χ2v) is 4.58. The lowest BCUT2D eigenvalue weighted by molar-refractivity contribution is 0.128. The lowest BCUT2D eigenvalue weighted by atomic mass is 10.0. The van der Waals surface area contributed by atoms with Gasteiger partial charge in [-0.05, 0) is 23.3 Å². The number of nitrogens with two attached hydrogens (primary N) is 1. The fourth-order valence-corrected chi connectivity index (χ4v) is 1.90. The summed E-state index contributed by atoms with van der Waals surface area (Å²) in [5.74, 6) is 0.635. The highest BCUT2D eigenvalue weighted by atomic mass is 35.5. The molecule has 0 unspecified atom stereocenters. The van der Waals surface area contributed by atoms with Crippen LogP contribution in [0.5, 0.6) is 5.75 Å². The van der Waals surface area contributed by atoms with E-state index in [-0.39, 0.29) is 18.8 Å². The van der Waals surface area contributed by atoms with Gasteiger partial charge in [0.1, 0.15) is 12.4 Å². The largest absolute Gasteiger partial charge is 0.489 e. The minimum atomic E-state index is -2.40. The number of ether oxygens (including phenoxy) is 1. The van der Waals surface area contributed by atoms with Crippen LogP contribution in [-0.4, -0.2) is 6.43 Å². The van der Waals surface area contributed by atoms with Crippen molar-refractivity contribution in [2.24, 2.45) is 5.73 Å². The minimum Gasteiger partial charge on any atom is -0.489 e. The molecular weight excluding hydrogens is 296 g/mol. The average molecular weight is 314 g/mol. The molecule has 0 saturated heterocycles. The first-order valence-corrected chi connectivity index (χ1v) is 6.45. The Morgan fingerprint density at radius 3 is 2.38 bits per heavy atom. The van der Waals surface area contributed by atoms with Crippen LogP contribution in [0.4, 0.5) is 8.78 Å². The van der Waals surface area contributed by atoms with E-state index in [2.05, 4.69) is 0 Å². The second-order valence-electron chi connectivity index (χ2n) is 4.58. The van der Waals surface area contributed by atoms with Gasteiger partial charge in [0, 0.05) is 12.5 Å². The number of alkyl halides is 2. The van der Waals surface area contributed by atoms with Crippen LogP contribution in [0.1, 0.15) is 23.6 Å². The molecule has 2 rings (SSSR count). The zero-order valence-corrected chi connectivity index (χ0v) is 12.2. The number of halogens is 3. The van der Waals surface area contributed by atoms with E-state index in [0.29, 0.717) is 17.9 Å². The van der Waals surface area contributed by atoms with E-state index >= 15 is 0 Å². The highest BCUT2D eigenvalue weighted by Gasteiger charge is 2.13. The molecule has 0 saturated carbocycles. The zero-order valence-electron chi connectivity index (χ0n) is 11.4. The third kappa shape index (κ3) is 5.69. The van der Waals surface area contributed by atoms with Crippen LogP contribution >= 0.6 is 12.4 Å². The maximum absolute atomic E-state index is 12.3. The van der Waals surface area contributed by atoms with Crippen molar-refractivity contribution in [2.75, 3.05) is 0 Å². The molecule has 0 spiro atoms. The van der Waals surface area contributed by atoms with E-state index in [4.69, 9.17) is 10.5 Å². The van der Waals surface area contributed by atoms with Crippen LogP contribution < -0.4 is 10.5 Å². The van der Waals surface area contributed by atoms with Crippen molar-refractivity contribution in [2.45, 2.75) is 25.5 Å². The molecule has 114 valence electrons. The minimum absolute atomic E-state index is 0. The normalized spacial score (nSPS) is 11.8. The third-order valence-electron chi connectivity index (χ3n) is 2.97. The maximum atomic E-state index is 12.3. The monoisotopic (exact) mass is 313 g/mol. The molecule has 5 heteroatoms. The van der Waals surface area contributed by atoms with Crippen molar-refractivity contribution >= 4 is 12.4 Å². The molecule has 0 aliphatic rings. The SMILES string of the molecule is Cl.N[C@H](CC(F)F)c1cccc(OCc2ccccc2)c1. The molecule has 0 aliphatic carbocycles. The molecule has 2 aromatic carbocycles. The Balaban J connectivity index is 0.00000220. The topological polar surface area (TPSA) is 35.2 Å². The second kappa shape index (κ2) is 8.60. The molecule has 0 fully saturated rings. The molecule has 2 nitrogen and oxygen atoms in total. The van der Waals surface area contributed by atoms with Crippen LogP contribution in [0.15, 0.2) is 54.6 Å². The standard InChI is InChI=1S/C16H17F2NO.ClH/c17-16(18)10-15(19)13-7-4-8-14(9-13)20-11-12-5-2-1-3-6-12;/h1-9,15-16H,10-11,19H2;1H/t15-;/m1./s1. The summed E-state index contributed by atoms with van der Waals surface area (Å²) >= 11 is 0. The van der Waals surface area contributed by atoms with Gasteiger partial charge in [-0.15, -0.1) is 12.4 Å². The molecule has 1 atom stereocenters. The molecule has 0 radical (unpaired) electrons.